The number of nitrogens with zero attached hydrogens (tertiary/aromatic N) is 1. The van der Waals surface area contributed by atoms with Gasteiger partial charge in [-0.15, -0.1) is 0 Å². The maximum absolute atomic E-state index is 6.79. The van der Waals surface area contributed by atoms with Crippen molar-refractivity contribution >= 4 is 34.9 Å². The quantitative estimate of drug-likeness (QED) is 0.493. The molecule has 0 saturated carbocycles. The summed E-state index contributed by atoms with van der Waals surface area (Å²) in [6.45, 7) is 0. The molecule has 1 heterocycles. The Balaban J connectivity index is 2.94. The molecule has 56 valence electrons. The second-order valence-electron chi connectivity index (χ2n) is 1.91. The molecule has 1 N–H and O–H groups in total. The zero-order chi connectivity index (χ0) is 8.10. The molecule has 0 saturated heterocycles. The third kappa shape index (κ3) is 2.42. The van der Waals surface area contributed by atoms with Crippen LogP contribution in [0.4, 0.5) is 0 Å². The van der Waals surface area contributed by atoms with Crippen molar-refractivity contribution in [3.8, 4) is 0 Å². The summed E-state index contributed by atoms with van der Waals surface area (Å²) >= 11 is 2.16. The van der Waals surface area contributed by atoms with Gasteiger partial charge in [0.15, 0.2) is 0 Å². The van der Waals surface area contributed by atoms with Gasteiger partial charge in [0.05, 0.1) is 0 Å². The summed E-state index contributed by atoms with van der Waals surface area (Å²) in [6, 6.07) is 3.85. The Morgan fingerprint density at radius 1 is 1.55 bits per heavy atom. The van der Waals surface area contributed by atoms with Gasteiger partial charge in [0, 0.05) is 18.0 Å². The fraction of sp³-hybridized carbons (Fsp3) is 0. The predicted molar refractivity (Wildman–Crippen MR) is 54.8 cm³/mol. The molecule has 0 aromatic carbocycles. The van der Waals surface area contributed by atoms with Crippen LogP contribution in [0.25, 0.3) is 6.08 Å². The number of hydrogen-bond donors (Lipinski definition) is 1. The average Bonchev–Trinajstić information content (AvgIpc) is 2.03. The van der Waals surface area contributed by atoms with Crippen LogP contribution >= 0.6 is 22.6 Å². The minimum Gasteiger partial charge on any atom is -0.309 e. The molecule has 2 nitrogen and oxygen atoms in total. The standard InChI is InChI=1S/C8H7IN2/c9-8-7(3-1-5-10)4-2-6-11-8/h1-6,10H/b3-1-,10-5?. The lowest BCUT2D eigenvalue weighted by atomic mass is 10.3. The van der Waals surface area contributed by atoms with Crippen LogP contribution in [0, 0.1) is 9.11 Å². The van der Waals surface area contributed by atoms with Crippen LogP contribution in [0.1, 0.15) is 5.56 Å². The molecule has 1 aromatic rings. The van der Waals surface area contributed by atoms with E-state index in [0.717, 1.165) is 9.26 Å². The number of pyridine rings is 1. The minimum absolute atomic E-state index is 0.961. The van der Waals surface area contributed by atoms with E-state index in [1.807, 2.05) is 18.2 Å². The van der Waals surface area contributed by atoms with Crippen molar-refractivity contribution in [3.63, 3.8) is 0 Å². The summed E-state index contributed by atoms with van der Waals surface area (Å²) in [4.78, 5) is 4.09. The maximum atomic E-state index is 6.79. The smallest absolute Gasteiger partial charge is 0.108 e. The SMILES string of the molecule is N=C/C=C\c1cccnc1I. The Kier molecular flexibility index (Phi) is 3.22. The topological polar surface area (TPSA) is 36.7 Å². The first-order valence-electron chi connectivity index (χ1n) is 3.12. The largest absolute Gasteiger partial charge is 0.309 e. The van der Waals surface area contributed by atoms with Gasteiger partial charge in [0.25, 0.3) is 0 Å². The highest BCUT2D eigenvalue weighted by molar-refractivity contribution is 14.1. The summed E-state index contributed by atoms with van der Waals surface area (Å²) in [7, 11) is 0. The Morgan fingerprint density at radius 2 is 2.36 bits per heavy atom. The van der Waals surface area contributed by atoms with Gasteiger partial charge in [-0.05, 0) is 34.7 Å². The maximum Gasteiger partial charge on any atom is 0.108 e. The Hall–Kier alpha value is -0.710. The molecule has 3 heteroatoms. The molecular weight excluding hydrogens is 251 g/mol. The van der Waals surface area contributed by atoms with E-state index in [4.69, 9.17) is 5.41 Å². The van der Waals surface area contributed by atoms with Crippen LogP contribution in [-0.4, -0.2) is 11.2 Å². The number of hydrogen-bond acceptors (Lipinski definition) is 2. The predicted octanol–water partition coefficient (Wildman–Crippen LogP) is 2.35. The van der Waals surface area contributed by atoms with E-state index < -0.39 is 0 Å². The Morgan fingerprint density at radius 3 is 3.00 bits per heavy atom. The van der Waals surface area contributed by atoms with E-state index >= 15 is 0 Å². The third-order valence-corrected chi connectivity index (χ3v) is 2.06. The number of nitrogens with one attached hydrogen (secondary N) is 1. The summed E-state index contributed by atoms with van der Waals surface area (Å²) in [6.07, 6.45) is 6.55. The highest BCUT2D eigenvalue weighted by Gasteiger charge is 1.91. The van der Waals surface area contributed by atoms with E-state index in [9.17, 15) is 0 Å². The van der Waals surface area contributed by atoms with Gasteiger partial charge in [-0.1, -0.05) is 12.1 Å². The number of aromatic nitrogens is 1. The van der Waals surface area contributed by atoms with Gasteiger partial charge < -0.3 is 5.41 Å². The lowest BCUT2D eigenvalue weighted by Crippen LogP contribution is -1.82. The van der Waals surface area contributed by atoms with Gasteiger partial charge in [-0.3, -0.25) is 0 Å². The van der Waals surface area contributed by atoms with E-state index in [1.54, 1.807) is 12.3 Å². The fourth-order valence-electron chi connectivity index (χ4n) is 0.675. The van der Waals surface area contributed by atoms with E-state index in [-0.39, 0.29) is 0 Å². The first-order chi connectivity index (χ1) is 5.34. The highest BCUT2D eigenvalue weighted by Crippen LogP contribution is 2.09. The molecule has 1 rings (SSSR count). The highest BCUT2D eigenvalue weighted by atomic mass is 127. The Labute approximate surface area is 79.0 Å². The molecular formula is C8H7IN2. The first-order valence-corrected chi connectivity index (χ1v) is 4.20. The molecule has 0 spiro atoms. The monoisotopic (exact) mass is 258 g/mol. The van der Waals surface area contributed by atoms with Crippen molar-refractivity contribution < 1.29 is 0 Å². The second kappa shape index (κ2) is 4.23. The normalized spacial score (nSPS) is 10.3. The molecule has 0 aliphatic heterocycles. The van der Waals surface area contributed by atoms with Crippen LogP contribution in [0.5, 0.6) is 0 Å². The van der Waals surface area contributed by atoms with Crippen LogP contribution < -0.4 is 0 Å². The van der Waals surface area contributed by atoms with Crippen molar-refractivity contribution in [2.24, 2.45) is 0 Å². The molecule has 0 unspecified atom stereocenters. The van der Waals surface area contributed by atoms with Gasteiger partial charge in [0.2, 0.25) is 0 Å². The Bertz CT molecular complexity index is 281. The van der Waals surface area contributed by atoms with Crippen LogP contribution in [-0.2, 0) is 0 Å². The molecule has 0 amide bonds. The molecule has 0 aliphatic carbocycles. The van der Waals surface area contributed by atoms with Crippen molar-refractivity contribution in [3.05, 3.63) is 33.7 Å². The second-order valence-corrected chi connectivity index (χ2v) is 2.93. The van der Waals surface area contributed by atoms with Gasteiger partial charge >= 0.3 is 0 Å². The van der Waals surface area contributed by atoms with Crippen molar-refractivity contribution in [1.82, 2.24) is 4.98 Å². The van der Waals surface area contributed by atoms with E-state index in [2.05, 4.69) is 27.6 Å². The zero-order valence-electron chi connectivity index (χ0n) is 5.79. The van der Waals surface area contributed by atoms with Gasteiger partial charge in [-0.25, -0.2) is 4.98 Å². The first kappa shape index (κ1) is 8.39. The average molecular weight is 258 g/mol. The molecule has 0 aliphatic rings. The van der Waals surface area contributed by atoms with Crippen molar-refractivity contribution in [2.75, 3.05) is 0 Å². The summed E-state index contributed by atoms with van der Waals surface area (Å²) in [5.74, 6) is 0. The summed E-state index contributed by atoms with van der Waals surface area (Å²) in [5.41, 5.74) is 1.05. The number of rotatable bonds is 2. The van der Waals surface area contributed by atoms with Crippen molar-refractivity contribution in [1.29, 1.82) is 5.41 Å². The fourth-order valence-corrected chi connectivity index (χ4v) is 1.19. The molecule has 0 bridgehead atoms. The molecule has 0 fully saturated rings. The van der Waals surface area contributed by atoms with Gasteiger partial charge in [-0.2, -0.15) is 0 Å². The lowest BCUT2D eigenvalue weighted by molar-refractivity contribution is 1.26. The molecule has 0 radical (unpaired) electrons. The molecule has 1 aromatic heterocycles. The molecule has 11 heavy (non-hydrogen) atoms. The van der Waals surface area contributed by atoms with E-state index in [0.29, 0.717) is 0 Å². The minimum atomic E-state index is 0.961. The van der Waals surface area contributed by atoms with Crippen molar-refractivity contribution in [2.45, 2.75) is 0 Å². The van der Waals surface area contributed by atoms with Crippen LogP contribution in [0.2, 0.25) is 0 Å². The lowest BCUT2D eigenvalue weighted by Gasteiger charge is -1.93. The number of halogens is 1. The van der Waals surface area contributed by atoms with Crippen LogP contribution in [0.15, 0.2) is 24.4 Å². The van der Waals surface area contributed by atoms with E-state index in [1.165, 1.54) is 6.21 Å². The zero-order valence-corrected chi connectivity index (χ0v) is 7.95. The van der Waals surface area contributed by atoms with Gasteiger partial charge in [0.1, 0.15) is 3.70 Å². The summed E-state index contributed by atoms with van der Waals surface area (Å²) in [5, 5.41) is 6.79. The third-order valence-electron chi connectivity index (χ3n) is 1.16. The summed E-state index contributed by atoms with van der Waals surface area (Å²) < 4.78 is 0.961. The number of allylic oxidation sites excluding steroid dienone is 1. The van der Waals surface area contributed by atoms with Crippen LogP contribution in [0.3, 0.4) is 0 Å². The molecule has 0 atom stereocenters.